The number of aromatic hydroxyl groups is 1. The van der Waals surface area contributed by atoms with Gasteiger partial charge in [-0.15, -0.1) is 0 Å². The Hall–Kier alpha value is -0.980. The molecule has 0 aliphatic carbocycles. The fourth-order valence-corrected chi connectivity index (χ4v) is 2.45. The molecule has 0 radical (unpaired) electrons. The van der Waals surface area contributed by atoms with Gasteiger partial charge in [-0.25, -0.2) is 0 Å². The van der Waals surface area contributed by atoms with Crippen LogP contribution >= 0.6 is 0 Å². The normalized spacial score (nSPS) is 11.1. The summed E-state index contributed by atoms with van der Waals surface area (Å²) in [7, 11) is 0. The first-order valence-corrected chi connectivity index (χ1v) is 7.54. The zero-order valence-electron chi connectivity index (χ0n) is 12.0. The molecule has 18 heavy (non-hydrogen) atoms. The molecule has 0 heterocycles. The van der Waals surface area contributed by atoms with Gasteiger partial charge < -0.3 is 5.11 Å². The van der Waals surface area contributed by atoms with Crippen molar-refractivity contribution in [3.8, 4) is 5.75 Å². The van der Waals surface area contributed by atoms with Crippen LogP contribution in [0.15, 0.2) is 24.3 Å². The minimum Gasteiger partial charge on any atom is -0.508 e. The monoisotopic (exact) mass is 248 g/mol. The maximum atomic E-state index is 9.27. The Morgan fingerprint density at radius 1 is 0.889 bits per heavy atom. The van der Waals surface area contributed by atoms with Gasteiger partial charge in [0.25, 0.3) is 0 Å². The third-order valence-corrected chi connectivity index (χ3v) is 3.71. The quantitative estimate of drug-likeness (QED) is 0.627. The Labute approximate surface area is 112 Å². The highest BCUT2D eigenvalue weighted by molar-refractivity contribution is 5.25. The van der Waals surface area contributed by atoms with E-state index in [-0.39, 0.29) is 0 Å². The van der Waals surface area contributed by atoms with E-state index in [2.05, 4.69) is 13.8 Å². The lowest BCUT2D eigenvalue weighted by Gasteiger charge is -2.16. The van der Waals surface area contributed by atoms with Gasteiger partial charge in [0.05, 0.1) is 0 Å². The number of rotatable bonds is 9. The maximum Gasteiger partial charge on any atom is 0.115 e. The maximum absolute atomic E-state index is 9.27. The van der Waals surface area contributed by atoms with Crippen molar-refractivity contribution in [1.29, 1.82) is 0 Å². The Kier molecular flexibility index (Phi) is 7.55. The fourth-order valence-electron chi connectivity index (χ4n) is 2.45. The minimum atomic E-state index is 0.368. The highest BCUT2D eigenvalue weighted by Gasteiger charge is 2.08. The minimum absolute atomic E-state index is 0.368. The average molecular weight is 248 g/mol. The molecule has 102 valence electrons. The van der Waals surface area contributed by atoms with Crippen molar-refractivity contribution in [2.24, 2.45) is 5.92 Å². The summed E-state index contributed by atoms with van der Waals surface area (Å²) in [4.78, 5) is 0. The molecule has 1 N–H and O–H groups in total. The molecule has 0 saturated heterocycles. The summed E-state index contributed by atoms with van der Waals surface area (Å²) in [5, 5.41) is 9.27. The molecular formula is C17H28O. The Bertz CT molecular complexity index is 294. The molecule has 0 atom stereocenters. The topological polar surface area (TPSA) is 20.2 Å². The Morgan fingerprint density at radius 3 is 1.94 bits per heavy atom. The first kappa shape index (κ1) is 15.1. The Morgan fingerprint density at radius 2 is 1.44 bits per heavy atom. The Balaban J connectivity index is 2.37. The number of phenolic OH excluding ortho intramolecular Hbond substituents is 1. The SMILES string of the molecule is CCCCC(CCCC)CCc1ccc(O)cc1. The third kappa shape index (κ3) is 6.09. The van der Waals surface area contributed by atoms with Crippen LogP contribution in [0, 0.1) is 5.92 Å². The molecular weight excluding hydrogens is 220 g/mol. The zero-order chi connectivity index (χ0) is 13.2. The number of benzene rings is 1. The van der Waals surface area contributed by atoms with Gasteiger partial charge in [-0.3, -0.25) is 0 Å². The van der Waals surface area contributed by atoms with Crippen LogP contribution in [-0.2, 0) is 6.42 Å². The van der Waals surface area contributed by atoms with Gasteiger partial charge in [-0.2, -0.15) is 0 Å². The summed E-state index contributed by atoms with van der Waals surface area (Å²) in [6.45, 7) is 4.55. The summed E-state index contributed by atoms with van der Waals surface area (Å²) in [5.74, 6) is 1.26. The molecule has 1 nitrogen and oxygen atoms in total. The van der Waals surface area contributed by atoms with E-state index in [1.54, 1.807) is 12.1 Å². The van der Waals surface area contributed by atoms with Crippen molar-refractivity contribution in [2.45, 2.75) is 65.2 Å². The molecule has 1 aromatic rings. The number of hydrogen-bond acceptors (Lipinski definition) is 1. The van der Waals surface area contributed by atoms with Crippen LogP contribution in [0.5, 0.6) is 5.75 Å². The highest BCUT2D eigenvalue weighted by atomic mass is 16.3. The molecule has 0 unspecified atom stereocenters. The summed E-state index contributed by atoms with van der Waals surface area (Å²) >= 11 is 0. The number of hydrogen-bond donors (Lipinski definition) is 1. The lowest BCUT2D eigenvalue weighted by molar-refractivity contribution is 0.394. The van der Waals surface area contributed by atoms with Crippen molar-refractivity contribution in [3.05, 3.63) is 29.8 Å². The second kappa shape index (κ2) is 9.02. The molecule has 0 saturated carbocycles. The van der Waals surface area contributed by atoms with Crippen LogP contribution in [0.3, 0.4) is 0 Å². The molecule has 0 bridgehead atoms. The van der Waals surface area contributed by atoms with Crippen LogP contribution in [0.25, 0.3) is 0 Å². The summed E-state index contributed by atoms with van der Waals surface area (Å²) in [6.07, 6.45) is 10.6. The molecule has 0 aromatic heterocycles. The summed E-state index contributed by atoms with van der Waals surface area (Å²) < 4.78 is 0. The highest BCUT2D eigenvalue weighted by Crippen LogP contribution is 2.22. The van der Waals surface area contributed by atoms with E-state index in [1.165, 1.54) is 50.5 Å². The molecule has 0 aliphatic heterocycles. The van der Waals surface area contributed by atoms with Gasteiger partial charge in [0.2, 0.25) is 0 Å². The van der Waals surface area contributed by atoms with Gasteiger partial charge in [0.1, 0.15) is 5.75 Å². The standard InChI is InChI=1S/C17H28O/c1-3-5-7-15(8-6-4-2)9-10-16-11-13-17(18)14-12-16/h11-15,18H,3-10H2,1-2H3. The van der Waals surface area contributed by atoms with E-state index in [1.807, 2.05) is 12.1 Å². The van der Waals surface area contributed by atoms with Crippen LogP contribution in [0.1, 0.15) is 64.4 Å². The van der Waals surface area contributed by atoms with Crippen LogP contribution in [-0.4, -0.2) is 5.11 Å². The summed E-state index contributed by atoms with van der Waals surface area (Å²) in [6, 6.07) is 7.68. The zero-order valence-corrected chi connectivity index (χ0v) is 12.0. The largest absolute Gasteiger partial charge is 0.508 e. The second-order valence-corrected chi connectivity index (χ2v) is 5.36. The first-order chi connectivity index (χ1) is 8.76. The van der Waals surface area contributed by atoms with Crippen molar-refractivity contribution in [3.63, 3.8) is 0 Å². The van der Waals surface area contributed by atoms with Gasteiger partial charge in [-0.1, -0.05) is 64.5 Å². The van der Waals surface area contributed by atoms with E-state index in [4.69, 9.17) is 0 Å². The van der Waals surface area contributed by atoms with Gasteiger partial charge in [-0.05, 0) is 36.5 Å². The predicted octanol–water partition coefficient (Wildman–Crippen LogP) is 5.32. The lowest BCUT2D eigenvalue weighted by Crippen LogP contribution is -2.02. The molecule has 0 amide bonds. The van der Waals surface area contributed by atoms with Crippen molar-refractivity contribution in [1.82, 2.24) is 0 Å². The predicted molar refractivity (Wildman–Crippen MR) is 79.0 cm³/mol. The van der Waals surface area contributed by atoms with E-state index in [9.17, 15) is 5.11 Å². The first-order valence-electron chi connectivity index (χ1n) is 7.54. The number of phenols is 1. The number of unbranched alkanes of at least 4 members (excludes halogenated alkanes) is 2. The van der Waals surface area contributed by atoms with Crippen LogP contribution in [0.2, 0.25) is 0 Å². The molecule has 1 rings (SSSR count). The molecule has 1 aromatic carbocycles. The molecule has 0 fully saturated rings. The molecule has 0 spiro atoms. The van der Waals surface area contributed by atoms with E-state index >= 15 is 0 Å². The van der Waals surface area contributed by atoms with Crippen LogP contribution in [0.4, 0.5) is 0 Å². The van der Waals surface area contributed by atoms with Crippen molar-refractivity contribution >= 4 is 0 Å². The fraction of sp³-hybridized carbons (Fsp3) is 0.647. The van der Waals surface area contributed by atoms with Gasteiger partial charge in [0.15, 0.2) is 0 Å². The smallest absolute Gasteiger partial charge is 0.115 e. The van der Waals surface area contributed by atoms with E-state index < -0.39 is 0 Å². The molecule has 1 heteroatoms. The molecule has 0 aliphatic rings. The van der Waals surface area contributed by atoms with Crippen LogP contribution < -0.4 is 0 Å². The van der Waals surface area contributed by atoms with Crippen molar-refractivity contribution in [2.75, 3.05) is 0 Å². The average Bonchev–Trinajstić information content (AvgIpc) is 2.40. The van der Waals surface area contributed by atoms with Gasteiger partial charge >= 0.3 is 0 Å². The second-order valence-electron chi connectivity index (χ2n) is 5.36. The van der Waals surface area contributed by atoms with Crippen molar-refractivity contribution < 1.29 is 5.11 Å². The summed E-state index contributed by atoms with van der Waals surface area (Å²) in [5.41, 5.74) is 1.35. The van der Waals surface area contributed by atoms with Gasteiger partial charge in [0, 0.05) is 0 Å². The lowest BCUT2D eigenvalue weighted by atomic mass is 9.90. The third-order valence-electron chi connectivity index (χ3n) is 3.71. The number of aryl methyl sites for hydroxylation is 1. The van der Waals surface area contributed by atoms with E-state index in [0.717, 1.165) is 12.3 Å². The van der Waals surface area contributed by atoms with E-state index in [0.29, 0.717) is 5.75 Å².